The lowest BCUT2D eigenvalue weighted by Crippen LogP contribution is -2.18. The van der Waals surface area contributed by atoms with Gasteiger partial charge in [0, 0.05) is 19.3 Å². The summed E-state index contributed by atoms with van der Waals surface area (Å²) in [5.41, 5.74) is 0.779. The van der Waals surface area contributed by atoms with E-state index in [0.717, 1.165) is 5.69 Å². The first kappa shape index (κ1) is 11.0. The van der Waals surface area contributed by atoms with E-state index < -0.39 is 0 Å². The molecule has 1 aromatic rings. The fraction of sp³-hybridized carbons (Fsp3) is 0.300. The minimum absolute atomic E-state index is 0.286. The van der Waals surface area contributed by atoms with Crippen LogP contribution in [0.4, 0.5) is 10.1 Å². The van der Waals surface area contributed by atoms with Crippen molar-refractivity contribution in [2.75, 3.05) is 18.5 Å². The molecule has 0 fully saturated rings. The molecule has 0 aliphatic heterocycles. The van der Waals surface area contributed by atoms with Gasteiger partial charge in [-0.05, 0) is 34.1 Å². The van der Waals surface area contributed by atoms with Gasteiger partial charge in [0.25, 0.3) is 0 Å². The lowest BCUT2D eigenvalue weighted by Gasteiger charge is -2.17. The molecule has 4 heteroatoms. The van der Waals surface area contributed by atoms with Crippen molar-refractivity contribution in [3.05, 3.63) is 28.5 Å². The van der Waals surface area contributed by atoms with Crippen LogP contribution < -0.4 is 4.90 Å². The van der Waals surface area contributed by atoms with Crippen molar-refractivity contribution in [1.29, 1.82) is 5.26 Å². The zero-order chi connectivity index (χ0) is 10.6. The van der Waals surface area contributed by atoms with Crippen molar-refractivity contribution < 1.29 is 4.39 Å². The predicted molar refractivity (Wildman–Crippen MR) is 57.6 cm³/mol. The van der Waals surface area contributed by atoms with Gasteiger partial charge in [-0.15, -0.1) is 0 Å². The van der Waals surface area contributed by atoms with Crippen molar-refractivity contribution in [3.63, 3.8) is 0 Å². The molecular weight excluding hydrogens is 247 g/mol. The molecule has 0 heterocycles. The maximum absolute atomic E-state index is 13.1. The van der Waals surface area contributed by atoms with Crippen LogP contribution in [0.25, 0.3) is 0 Å². The number of benzene rings is 1. The summed E-state index contributed by atoms with van der Waals surface area (Å²) >= 11 is 3.09. The Labute approximate surface area is 91.1 Å². The summed E-state index contributed by atoms with van der Waals surface area (Å²) in [7, 11) is 1.83. The second-order valence-corrected chi connectivity index (χ2v) is 3.78. The van der Waals surface area contributed by atoms with Crippen LogP contribution in [0.5, 0.6) is 0 Å². The molecule has 0 aliphatic rings. The molecule has 0 atom stereocenters. The first-order chi connectivity index (χ1) is 6.65. The van der Waals surface area contributed by atoms with E-state index in [2.05, 4.69) is 15.9 Å². The van der Waals surface area contributed by atoms with E-state index in [9.17, 15) is 4.39 Å². The molecule has 0 saturated carbocycles. The molecule has 1 aromatic carbocycles. The quantitative estimate of drug-likeness (QED) is 0.832. The highest BCUT2D eigenvalue weighted by atomic mass is 79.9. The average molecular weight is 257 g/mol. The topological polar surface area (TPSA) is 27.0 Å². The number of hydrogen-bond acceptors (Lipinski definition) is 2. The third-order valence-corrected chi connectivity index (χ3v) is 2.55. The van der Waals surface area contributed by atoms with Gasteiger partial charge in [0.1, 0.15) is 5.82 Å². The molecule has 14 heavy (non-hydrogen) atoms. The summed E-state index contributed by atoms with van der Waals surface area (Å²) in [6.07, 6.45) is 0.439. The van der Waals surface area contributed by atoms with Crippen molar-refractivity contribution in [2.24, 2.45) is 0 Å². The van der Waals surface area contributed by atoms with Crippen LogP contribution in [0, 0.1) is 17.1 Å². The van der Waals surface area contributed by atoms with Crippen molar-refractivity contribution in [3.8, 4) is 6.07 Å². The van der Waals surface area contributed by atoms with Gasteiger partial charge < -0.3 is 4.90 Å². The minimum atomic E-state index is -0.286. The molecule has 0 aromatic heterocycles. The van der Waals surface area contributed by atoms with Gasteiger partial charge in [0.15, 0.2) is 0 Å². The Morgan fingerprint density at radius 2 is 2.29 bits per heavy atom. The molecule has 0 bridgehead atoms. The normalized spacial score (nSPS) is 9.57. The highest BCUT2D eigenvalue weighted by Crippen LogP contribution is 2.21. The average Bonchev–Trinajstić information content (AvgIpc) is 2.18. The number of rotatable bonds is 3. The molecule has 2 nitrogen and oxygen atoms in total. The van der Waals surface area contributed by atoms with Crippen LogP contribution in [0.3, 0.4) is 0 Å². The molecule has 74 valence electrons. The molecule has 0 radical (unpaired) electrons. The third-order valence-electron chi connectivity index (χ3n) is 1.90. The van der Waals surface area contributed by atoms with Crippen LogP contribution >= 0.6 is 15.9 Å². The fourth-order valence-corrected chi connectivity index (χ4v) is 1.32. The van der Waals surface area contributed by atoms with Gasteiger partial charge in [-0.1, -0.05) is 0 Å². The van der Waals surface area contributed by atoms with Crippen LogP contribution in [0.15, 0.2) is 22.7 Å². The Morgan fingerprint density at radius 3 is 2.86 bits per heavy atom. The second-order valence-electron chi connectivity index (χ2n) is 2.93. The van der Waals surface area contributed by atoms with Crippen LogP contribution in [-0.4, -0.2) is 13.6 Å². The molecule has 0 saturated heterocycles. The number of anilines is 1. The van der Waals surface area contributed by atoms with Gasteiger partial charge in [-0.3, -0.25) is 0 Å². The number of hydrogen-bond donors (Lipinski definition) is 0. The molecule has 0 amide bonds. The largest absolute Gasteiger partial charge is 0.373 e. The maximum atomic E-state index is 13.1. The fourth-order valence-electron chi connectivity index (χ4n) is 1.07. The number of nitrogens with zero attached hydrogens (tertiary/aromatic N) is 2. The minimum Gasteiger partial charge on any atom is -0.373 e. The summed E-state index contributed by atoms with van der Waals surface area (Å²) in [5, 5.41) is 8.40. The predicted octanol–water partition coefficient (Wildman–Crippen LogP) is 2.94. The maximum Gasteiger partial charge on any atom is 0.139 e. The molecule has 0 aliphatic carbocycles. The number of halogens is 2. The van der Waals surface area contributed by atoms with Crippen LogP contribution in [0.1, 0.15) is 6.42 Å². The van der Waals surface area contributed by atoms with Gasteiger partial charge in [0.05, 0.1) is 17.0 Å². The van der Waals surface area contributed by atoms with E-state index in [-0.39, 0.29) is 5.82 Å². The first-order valence-corrected chi connectivity index (χ1v) is 4.97. The summed E-state index contributed by atoms with van der Waals surface area (Å²) in [6, 6.07) is 6.97. The standard InChI is InChI=1S/C10H10BrFN2/c1-14(6-2-5-13)8-3-4-9(11)10(12)7-8/h3-4,7H,2,6H2,1H3. The second kappa shape index (κ2) is 4.97. The first-order valence-electron chi connectivity index (χ1n) is 4.18. The molecule has 0 spiro atoms. The zero-order valence-corrected chi connectivity index (χ0v) is 9.38. The Morgan fingerprint density at radius 1 is 1.57 bits per heavy atom. The zero-order valence-electron chi connectivity index (χ0n) is 7.80. The summed E-state index contributed by atoms with van der Waals surface area (Å²) in [5.74, 6) is -0.286. The molecule has 0 unspecified atom stereocenters. The third kappa shape index (κ3) is 2.71. The highest BCUT2D eigenvalue weighted by molar-refractivity contribution is 9.10. The van der Waals surface area contributed by atoms with E-state index in [4.69, 9.17) is 5.26 Å². The monoisotopic (exact) mass is 256 g/mol. The van der Waals surface area contributed by atoms with E-state index in [1.165, 1.54) is 6.07 Å². The highest BCUT2D eigenvalue weighted by Gasteiger charge is 2.04. The Balaban J connectivity index is 2.76. The Bertz CT molecular complexity index is 360. The number of nitriles is 1. The van der Waals surface area contributed by atoms with Gasteiger partial charge in [-0.2, -0.15) is 5.26 Å². The van der Waals surface area contributed by atoms with E-state index in [1.54, 1.807) is 6.07 Å². The van der Waals surface area contributed by atoms with Crippen molar-refractivity contribution >= 4 is 21.6 Å². The van der Waals surface area contributed by atoms with Crippen LogP contribution in [0.2, 0.25) is 0 Å². The van der Waals surface area contributed by atoms with E-state index in [1.807, 2.05) is 24.1 Å². The van der Waals surface area contributed by atoms with Gasteiger partial charge in [-0.25, -0.2) is 4.39 Å². The lowest BCUT2D eigenvalue weighted by molar-refractivity contribution is 0.620. The Hall–Kier alpha value is -1.08. The smallest absolute Gasteiger partial charge is 0.139 e. The molecular formula is C10H10BrFN2. The van der Waals surface area contributed by atoms with Crippen molar-refractivity contribution in [2.45, 2.75) is 6.42 Å². The van der Waals surface area contributed by atoms with E-state index >= 15 is 0 Å². The summed E-state index contributed by atoms with van der Waals surface area (Å²) in [6.45, 7) is 0.609. The van der Waals surface area contributed by atoms with Crippen LogP contribution in [-0.2, 0) is 0 Å². The molecule has 0 N–H and O–H groups in total. The molecule has 1 rings (SSSR count). The summed E-state index contributed by atoms with van der Waals surface area (Å²) in [4.78, 5) is 1.85. The van der Waals surface area contributed by atoms with E-state index in [0.29, 0.717) is 17.4 Å². The summed E-state index contributed by atoms with van der Waals surface area (Å²) < 4.78 is 13.6. The van der Waals surface area contributed by atoms with Gasteiger partial charge in [0.2, 0.25) is 0 Å². The SMILES string of the molecule is CN(CCC#N)c1ccc(Br)c(F)c1. The van der Waals surface area contributed by atoms with Gasteiger partial charge >= 0.3 is 0 Å². The Kier molecular flexibility index (Phi) is 3.90. The lowest BCUT2D eigenvalue weighted by atomic mass is 10.3. The van der Waals surface area contributed by atoms with Crippen molar-refractivity contribution in [1.82, 2.24) is 0 Å².